The van der Waals surface area contributed by atoms with E-state index in [1.54, 1.807) is 28.7 Å². The first-order valence-electron chi connectivity index (χ1n) is 5.80. The van der Waals surface area contributed by atoms with Crippen molar-refractivity contribution in [2.24, 2.45) is 0 Å². The second kappa shape index (κ2) is 5.86. The van der Waals surface area contributed by atoms with Crippen LogP contribution in [0.3, 0.4) is 0 Å². The Morgan fingerprint density at radius 2 is 2.39 bits per heavy atom. The van der Waals surface area contributed by atoms with Gasteiger partial charge in [0.05, 0.1) is 17.5 Å². The highest BCUT2D eigenvalue weighted by Crippen LogP contribution is 2.08. The number of amides is 1. The Morgan fingerprint density at radius 1 is 1.56 bits per heavy atom. The molecule has 0 aliphatic heterocycles. The summed E-state index contributed by atoms with van der Waals surface area (Å²) in [6.45, 7) is 2.56. The minimum atomic E-state index is -0.0847. The van der Waals surface area contributed by atoms with Gasteiger partial charge in [0.25, 0.3) is 5.91 Å². The third-order valence-corrected chi connectivity index (χ3v) is 3.41. The molecular formula is C12H16N4OS. The number of carbonyl (C=O) groups is 1. The van der Waals surface area contributed by atoms with Crippen LogP contribution in [0, 0.1) is 6.92 Å². The number of nitrogens with zero attached hydrogens (tertiary/aromatic N) is 3. The van der Waals surface area contributed by atoms with Crippen LogP contribution in [-0.2, 0) is 0 Å². The lowest BCUT2D eigenvalue weighted by Crippen LogP contribution is -2.26. The molecule has 0 fully saturated rings. The fourth-order valence-corrected chi connectivity index (χ4v) is 2.16. The van der Waals surface area contributed by atoms with Gasteiger partial charge in [0.2, 0.25) is 0 Å². The Balaban J connectivity index is 2.10. The Morgan fingerprint density at radius 3 is 3.17 bits per heavy atom. The van der Waals surface area contributed by atoms with Crippen LogP contribution >= 0.6 is 11.8 Å². The molecule has 0 aromatic carbocycles. The first-order valence-corrected chi connectivity index (χ1v) is 7.20. The van der Waals surface area contributed by atoms with Crippen LogP contribution in [0.4, 0.5) is 0 Å². The first-order chi connectivity index (χ1) is 8.74. The Hall–Kier alpha value is -1.56. The molecule has 2 aromatic rings. The average Bonchev–Trinajstić information content (AvgIpc) is 2.84. The molecule has 0 unspecified atom stereocenters. The maximum absolute atomic E-state index is 12.0. The van der Waals surface area contributed by atoms with Gasteiger partial charge in [-0.2, -0.15) is 16.9 Å². The molecule has 2 rings (SSSR count). The predicted octanol–water partition coefficient (Wildman–Crippen LogP) is 1.52. The summed E-state index contributed by atoms with van der Waals surface area (Å²) in [5.41, 5.74) is 2.15. The summed E-state index contributed by atoms with van der Waals surface area (Å²) in [5.74, 6) is 0.967. The maximum atomic E-state index is 12.0. The van der Waals surface area contributed by atoms with E-state index in [9.17, 15) is 4.79 Å². The van der Waals surface area contributed by atoms with E-state index >= 15 is 0 Å². The average molecular weight is 264 g/mol. The lowest BCUT2D eigenvalue weighted by atomic mass is 10.2. The van der Waals surface area contributed by atoms with Gasteiger partial charge in [0, 0.05) is 18.8 Å². The monoisotopic (exact) mass is 264 g/mol. The summed E-state index contributed by atoms with van der Waals surface area (Å²) in [4.78, 5) is 16.2. The molecule has 2 heterocycles. The van der Waals surface area contributed by atoms with Crippen molar-refractivity contribution in [1.82, 2.24) is 19.9 Å². The molecule has 0 saturated carbocycles. The van der Waals surface area contributed by atoms with Gasteiger partial charge >= 0.3 is 0 Å². The van der Waals surface area contributed by atoms with Gasteiger partial charge in [-0.3, -0.25) is 4.79 Å². The van der Waals surface area contributed by atoms with E-state index in [1.165, 1.54) is 0 Å². The first kappa shape index (κ1) is 12.9. The SMILES string of the molecule is CSCCCNC(=O)c1cnc2ccnn2c1C. The summed E-state index contributed by atoms with van der Waals surface area (Å²) >= 11 is 1.78. The van der Waals surface area contributed by atoms with Gasteiger partial charge in [0.1, 0.15) is 0 Å². The second-order valence-corrected chi connectivity index (χ2v) is 4.95. The van der Waals surface area contributed by atoms with Gasteiger partial charge in [-0.1, -0.05) is 0 Å². The number of aryl methyl sites for hydroxylation is 1. The number of carbonyl (C=O) groups excluding carboxylic acids is 1. The van der Waals surface area contributed by atoms with Crippen LogP contribution < -0.4 is 5.32 Å². The molecule has 0 atom stereocenters. The highest BCUT2D eigenvalue weighted by atomic mass is 32.2. The quantitative estimate of drug-likeness (QED) is 0.832. The van der Waals surface area contributed by atoms with Gasteiger partial charge < -0.3 is 5.32 Å². The highest BCUT2D eigenvalue weighted by Gasteiger charge is 2.12. The molecule has 5 nitrogen and oxygen atoms in total. The Kier molecular flexibility index (Phi) is 4.19. The molecule has 0 aliphatic carbocycles. The highest BCUT2D eigenvalue weighted by molar-refractivity contribution is 7.98. The second-order valence-electron chi connectivity index (χ2n) is 3.96. The van der Waals surface area contributed by atoms with E-state index in [-0.39, 0.29) is 5.91 Å². The maximum Gasteiger partial charge on any atom is 0.254 e. The number of hydrogen-bond acceptors (Lipinski definition) is 4. The number of aromatic nitrogens is 3. The molecule has 2 aromatic heterocycles. The number of rotatable bonds is 5. The van der Waals surface area contributed by atoms with Crippen molar-refractivity contribution in [2.75, 3.05) is 18.6 Å². The van der Waals surface area contributed by atoms with Crippen molar-refractivity contribution < 1.29 is 4.79 Å². The third kappa shape index (κ3) is 2.64. The fraction of sp³-hybridized carbons (Fsp3) is 0.417. The van der Waals surface area contributed by atoms with Crippen LogP contribution in [0.15, 0.2) is 18.5 Å². The fourth-order valence-electron chi connectivity index (χ4n) is 1.73. The molecule has 1 N–H and O–H groups in total. The van der Waals surface area contributed by atoms with Crippen LogP contribution in [0.1, 0.15) is 22.5 Å². The van der Waals surface area contributed by atoms with Crippen molar-refractivity contribution in [3.63, 3.8) is 0 Å². The van der Waals surface area contributed by atoms with Crippen LogP contribution in [0.2, 0.25) is 0 Å². The summed E-state index contributed by atoms with van der Waals surface area (Å²) < 4.78 is 1.68. The van der Waals surface area contributed by atoms with E-state index in [0.717, 1.165) is 23.5 Å². The minimum absolute atomic E-state index is 0.0847. The molecule has 0 spiro atoms. The zero-order chi connectivity index (χ0) is 13.0. The molecule has 0 radical (unpaired) electrons. The molecule has 0 bridgehead atoms. The van der Waals surface area contributed by atoms with Crippen LogP contribution in [0.5, 0.6) is 0 Å². The Bertz CT molecular complexity index is 552. The number of hydrogen-bond donors (Lipinski definition) is 1. The minimum Gasteiger partial charge on any atom is -0.352 e. The van der Waals surface area contributed by atoms with Crippen LogP contribution in [-0.4, -0.2) is 39.1 Å². The smallest absolute Gasteiger partial charge is 0.254 e. The standard InChI is InChI=1S/C12H16N4OS/c1-9-10(12(17)13-5-3-7-18-2)8-14-11-4-6-15-16(9)11/h4,6,8H,3,5,7H2,1-2H3,(H,13,17). The molecule has 6 heteroatoms. The van der Waals surface area contributed by atoms with Crippen molar-refractivity contribution in [2.45, 2.75) is 13.3 Å². The van der Waals surface area contributed by atoms with Crippen molar-refractivity contribution in [1.29, 1.82) is 0 Å². The van der Waals surface area contributed by atoms with Crippen LogP contribution in [0.25, 0.3) is 5.65 Å². The summed E-state index contributed by atoms with van der Waals surface area (Å²) in [6.07, 6.45) is 6.32. The van der Waals surface area contributed by atoms with E-state index < -0.39 is 0 Å². The summed E-state index contributed by atoms with van der Waals surface area (Å²) in [7, 11) is 0. The largest absolute Gasteiger partial charge is 0.352 e. The molecule has 0 saturated heterocycles. The Labute approximate surface area is 110 Å². The van der Waals surface area contributed by atoms with Gasteiger partial charge in [0.15, 0.2) is 5.65 Å². The third-order valence-electron chi connectivity index (χ3n) is 2.71. The zero-order valence-electron chi connectivity index (χ0n) is 10.5. The van der Waals surface area contributed by atoms with Gasteiger partial charge in [-0.05, 0) is 25.4 Å². The predicted molar refractivity (Wildman–Crippen MR) is 73.1 cm³/mol. The summed E-state index contributed by atoms with van der Waals surface area (Å²) in [5, 5.41) is 7.04. The van der Waals surface area contributed by atoms with Gasteiger partial charge in [-0.15, -0.1) is 0 Å². The van der Waals surface area contributed by atoms with Crippen molar-refractivity contribution >= 4 is 23.3 Å². The molecule has 96 valence electrons. The zero-order valence-corrected chi connectivity index (χ0v) is 11.3. The lowest BCUT2D eigenvalue weighted by molar-refractivity contribution is 0.0952. The number of fused-ring (bicyclic) bond motifs is 1. The number of thioether (sulfide) groups is 1. The molecule has 1 amide bonds. The van der Waals surface area contributed by atoms with Crippen molar-refractivity contribution in [3.05, 3.63) is 29.7 Å². The molecule has 0 aliphatic rings. The molecular weight excluding hydrogens is 248 g/mol. The number of nitrogens with one attached hydrogen (secondary N) is 1. The summed E-state index contributed by atoms with van der Waals surface area (Å²) in [6, 6.07) is 1.81. The van der Waals surface area contributed by atoms with Crippen molar-refractivity contribution in [3.8, 4) is 0 Å². The normalized spacial score (nSPS) is 10.8. The topological polar surface area (TPSA) is 59.3 Å². The van der Waals surface area contributed by atoms with E-state index in [4.69, 9.17) is 0 Å². The van der Waals surface area contributed by atoms with E-state index in [1.807, 2.05) is 13.0 Å². The van der Waals surface area contributed by atoms with E-state index in [2.05, 4.69) is 21.7 Å². The molecule has 18 heavy (non-hydrogen) atoms. The van der Waals surface area contributed by atoms with E-state index in [0.29, 0.717) is 12.1 Å². The lowest BCUT2D eigenvalue weighted by Gasteiger charge is -2.08. The van der Waals surface area contributed by atoms with Gasteiger partial charge in [-0.25, -0.2) is 9.50 Å².